The standard InChI is InChI=1S/C22H16F3N3O3/c1-30-19-7-4-13(10-18(19)26-11-12-2-5-15(23)6-3-12)21-27-22(31-28-21)14-8-16(24)20(29)17(25)9-14/h2-10,26,29H,11H2,1H3. The predicted molar refractivity (Wildman–Crippen MR) is 107 cm³/mol. The van der Waals surface area contributed by atoms with Crippen LogP contribution in [0.4, 0.5) is 18.9 Å². The van der Waals surface area contributed by atoms with Gasteiger partial charge in [0.2, 0.25) is 5.82 Å². The van der Waals surface area contributed by atoms with Crippen LogP contribution in [0.1, 0.15) is 5.56 Å². The van der Waals surface area contributed by atoms with Gasteiger partial charge >= 0.3 is 0 Å². The van der Waals surface area contributed by atoms with Crippen molar-refractivity contribution in [2.75, 3.05) is 12.4 Å². The maximum atomic E-state index is 13.6. The Morgan fingerprint density at radius 3 is 2.35 bits per heavy atom. The lowest BCUT2D eigenvalue weighted by Crippen LogP contribution is -2.02. The lowest BCUT2D eigenvalue weighted by atomic mass is 10.1. The van der Waals surface area contributed by atoms with E-state index in [1.54, 1.807) is 30.3 Å². The SMILES string of the molecule is COc1ccc(-c2noc(-c3cc(F)c(O)c(F)c3)n2)cc1NCc1ccc(F)cc1. The van der Waals surface area contributed by atoms with Crippen LogP contribution in [-0.4, -0.2) is 22.4 Å². The van der Waals surface area contributed by atoms with Crippen molar-refractivity contribution in [2.24, 2.45) is 0 Å². The number of ether oxygens (including phenoxy) is 1. The number of aromatic nitrogens is 2. The Labute approximate surface area is 174 Å². The summed E-state index contributed by atoms with van der Waals surface area (Å²) in [5.74, 6) is -3.00. The summed E-state index contributed by atoms with van der Waals surface area (Å²) in [7, 11) is 1.53. The highest BCUT2D eigenvalue weighted by molar-refractivity contribution is 5.69. The maximum Gasteiger partial charge on any atom is 0.258 e. The summed E-state index contributed by atoms with van der Waals surface area (Å²) in [6, 6.07) is 13.0. The number of hydrogen-bond acceptors (Lipinski definition) is 6. The lowest BCUT2D eigenvalue weighted by Gasteiger charge is -2.12. The van der Waals surface area contributed by atoms with E-state index in [1.807, 2.05) is 0 Å². The Kier molecular flexibility index (Phi) is 5.48. The first-order chi connectivity index (χ1) is 14.9. The summed E-state index contributed by atoms with van der Waals surface area (Å²) in [5, 5.41) is 16.3. The Morgan fingerprint density at radius 2 is 1.68 bits per heavy atom. The van der Waals surface area contributed by atoms with E-state index < -0.39 is 17.4 Å². The van der Waals surface area contributed by atoms with E-state index >= 15 is 0 Å². The van der Waals surface area contributed by atoms with Crippen LogP contribution in [0.2, 0.25) is 0 Å². The van der Waals surface area contributed by atoms with Gasteiger partial charge in [0.05, 0.1) is 12.8 Å². The normalized spacial score (nSPS) is 10.8. The number of methoxy groups -OCH3 is 1. The molecular weight excluding hydrogens is 411 g/mol. The molecule has 1 aromatic heterocycles. The summed E-state index contributed by atoms with van der Waals surface area (Å²) < 4.78 is 50.8. The van der Waals surface area contributed by atoms with E-state index in [2.05, 4.69) is 15.5 Å². The van der Waals surface area contributed by atoms with Crippen molar-refractivity contribution in [3.8, 4) is 34.3 Å². The van der Waals surface area contributed by atoms with Crippen LogP contribution < -0.4 is 10.1 Å². The molecule has 0 amide bonds. The minimum atomic E-state index is -1.13. The third kappa shape index (κ3) is 4.30. The van der Waals surface area contributed by atoms with Gasteiger partial charge in [0.1, 0.15) is 11.6 Å². The molecule has 0 saturated heterocycles. The molecule has 0 radical (unpaired) electrons. The van der Waals surface area contributed by atoms with Crippen LogP contribution in [0.15, 0.2) is 59.1 Å². The molecule has 6 nitrogen and oxygen atoms in total. The summed E-state index contributed by atoms with van der Waals surface area (Å²) >= 11 is 0. The highest BCUT2D eigenvalue weighted by atomic mass is 19.1. The third-order valence-electron chi connectivity index (χ3n) is 4.54. The summed E-state index contributed by atoms with van der Waals surface area (Å²) in [6.45, 7) is 0.420. The van der Waals surface area contributed by atoms with E-state index in [4.69, 9.17) is 9.26 Å². The molecule has 2 N–H and O–H groups in total. The minimum Gasteiger partial charge on any atom is -0.503 e. The average molecular weight is 427 g/mol. The van der Waals surface area contributed by atoms with Gasteiger partial charge in [-0.1, -0.05) is 17.3 Å². The number of nitrogens with zero attached hydrogens (tertiary/aromatic N) is 2. The molecule has 9 heteroatoms. The fraction of sp³-hybridized carbons (Fsp3) is 0.0909. The molecule has 0 aliphatic carbocycles. The molecule has 0 spiro atoms. The largest absolute Gasteiger partial charge is 0.503 e. The van der Waals surface area contributed by atoms with Gasteiger partial charge in [-0.15, -0.1) is 0 Å². The van der Waals surface area contributed by atoms with Crippen LogP contribution >= 0.6 is 0 Å². The van der Waals surface area contributed by atoms with Crippen LogP contribution in [0.3, 0.4) is 0 Å². The maximum absolute atomic E-state index is 13.6. The number of rotatable bonds is 6. The first-order valence-corrected chi connectivity index (χ1v) is 9.13. The van der Waals surface area contributed by atoms with Gasteiger partial charge in [-0.05, 0) is 48.0 Å². The van der Waals surface area contributed by atoms with Crippen LogP contribution in [0.5, 0.6) is 11.5 Å². The number of phenolic OH excluding ortho intramolecular Hbond substituents is 1. The number of anilines is 1. The second-order valence-electron chi connectivity index (χ2n) is 6.61. The van der Waals surface area contributed by atoms with Gasteiger partial charge in [0, 0.05) is 17.7 Å². The first-order valence-electron chi connectivity index (χ1n) is 9.13. The molecule has 0 atom stereocenters. The van der Waals surface area contributed by atoms with Crippen molar-refractivity contribution in [2.45, 2.75) is 6.54 Å². The van der Waals surface area contributed by atoms with E-state index in [9.17, 15) is 18.3 Å². The molecule has 0 aliphatic heterocycles. The van der Waals surface area contributed by atoms with Crippen molar-refractivity contribution in [3.05, 3.63) is 77.6 Å². The fourth-order valence-corrected chi connectivity index (χ4v) is 2.93. The van der Waals surface area contributed by atoms with E-state index in [1.165, 1.54) is 19.2 Å². The smallest absolute Gasteiger partial charge is 0.258 e. The van der Waals surface area contributed by atoms with Crippen LogP contribution in [-0.2, 0) is 6.54 Å². The van der Waals surface area contributed by atoms with Crippen molar-refractivity contribution in [1.29, 1.82) is 0 Å². The molecule has 158 valence electrons. The van der Waals surface area contributed by atoms with Crippen molar-refractivity contribution >= 4 is 5.69 Å². The number of hydrogen-bond donors (Lipinski definition) is 2. The Balaban J connectivity index is 1.60. The Hall–Kier alpha value is -4.01. The van der Waals surface area contributed by atoms with E-state index in [0.29, 0.717) is 23.5 Å². The average Bonchev–Trinajstić information content (AvgIpc) is 3.27. The molecule has 0 fully saturated rings. The monoisotopic (exact) mass is 427 g/mol. The molecule has 3 aromatic carbocycles. The van der Waals surface area contributed by atoms with Gasteiger partial charge in [0.25, 0.3) is 5.89 Å². The summed E-state index contributed by atoms with van der Waals surface area (Å²) in [4.78, 5) is 4.18. The fourth-order valence-electron chi connectivity index (χ4n) is 2.93. The molecule has 0 unspecified atom stereocenters. The molecule has 31 heavy (non-hydrogen) atoms. The van der Waals surface area contributed by atoms with Crippen molar-refractivity contribution in [1.82, 2.24) is 10.1 Å². The molecule has 0 saturated carbocycles. The Bertz CT molecular complexity index is 1200. The Morgan fingerprint density at radius 1 is 0.968 bits per heavy atom. The highest BCUT2D eigenvalue weighted by Gasteiger charge is 2.17. The number of halogens is 3. The van der Waals surface area contributed by atoms with E-state index in [-0.39, 0.29) is 23.1 Å². The summed E-state index contributed by atoms with van der Waals surface area (Å²) in [6.07, 6.45) is 0. The number of aromatic hydroxyl groups is 1. The van der Waals surface area contributed by atoms with Crippen molar-refractivity contribution in [3.63, 3.8) is 0 Å². The van der Waals surface area contributed by atoms with Gasteiger partial charge in [-0.2, -0.15) is 4.98 Å². The zero-order chi connectivity index (χ0) is 22.0. The number of nitrogens with one attached hydrogen (secondary N) is 1. The zero-order valence-electron chi connectivity index (χ0n) is 16.2. The second-order valence-corrected chi connectivity index (χ2v) is 6.61. The number of phenols is 1. The molecule has 1 heterocycles. The molecule has 4 aromatic rings. The minimum absolute atomic E-state index is 0.00489. The van der Waals surface area contributed by atoms with Gasteiger partial charge in [-0.3, -0.25) is 0 Å². The van der Waals surface area contributed by atoms with Gasteiger partial charge < -0.3 is 19.7 Å². The quantitative estimate of drug-likeness (QED) is 0.443. The summed E-state index contributed by atoms with van der Waals surface area (Å²) in [5.41, 5.74) is 2.07. The van der Waals surface area contributed by atoms with Crippen LogP contribution in [0.25, 0.3) is 22.8 Å². The molecular formula is C22H16F3N3O3. The van der Waals surface area contributed by atoms with Gasteiger partial charge in [-0.25, -0.2) is 13.2 Å². The first kappa shape index (κ1) is 20.3. The topological polar surface area (TPSA) is 80.4 Å². The van der Waals surface area contributed by atoms with E-state index in [0.717, 1.165) is 17.7 Å². The predicted octanol–water partition coefficient (Wildman–Crippen LogP) is 5.15. The van der Waals surface area contributed by atoms with Gasteiger partial charge in [0.15, 0.2) is 17.4 Å². The number of benzene rings is 3. The van der Waals surface area contributed by atoms with Crippen molar-refractivity contribution < 1.29 is 27.5 Å². The highest BCUT2D eigenvalue weighted by Crippen LogP contribution is 2.32. The zero-order valence-corrected chi connectivity index (χ0v) is 16.2. The third-order valence-corrected chi connectivity index (χ3v) is 4.54. The van der Waals surface area contributed by atoms with Crippen LogP contribution in [0, 0.1) is 17.5 Å². The molecule has 0 aliphatic rings. The lowest BCUT2D eigenvalue weighted by molar-refractivity contribution is 0.395. The molecule has 0 bridgehead atoms. The molecule has 4 rings (SSSR count). The second kappa shape index (κ2) is 8.39.